The van der Waals surface area contributed by atoms with E-state index in [1.807, 2.05) is 30.7 Å². The molecule has 3 nitrogen and oxygen atoms in total. The zero-order valence-electron chi connectivity index (χ0n) is 10.9. The van der Waals surface area contributed by atoms with Gasteiger partial charge in [0.25, 0.3) is 8.53 Å². The Morgan fingerprint density at radius 1 is 1.12 bits per heavy atom. The predicted molar refractivity (Wildman–Crippen MR) is 72.7 cm³/mol. The molecule has 0 radical (unpaired) electrons. The van der Waals surface area contributed by atoms with E-state index >= 15 is 0 Å². The van der Waals surface area contributed by atoms with Crippen LogP contribution < -0.4 is 0 Å². The van der Waals surface area contributed by atoms with Crippen LogP contribution in [0, 0.1) is 0 Å². The minimum Gasteiger partial charge on any atom is -0.338 e. The molecule has 96 valence electrons. The van der Waals surface area contributed by atoms with E-state index in [0.29, 0.717) is 6.61 Å². The van der Waals surface area contributed by atoms with Crippen LogP contribution in [0.1, 0.15) is 31.9 Å². The summed E-state index contributed by atoms with van der Waals surface area (Å²) >= 11 is 0. The molecular formula is C13H22NO2P. The van der Waals surface area contributed by atoms with Crippen molar-refractivity contribution < 1.29 is 9.42 Å². The van der Waals surface area contributed by atoms with Gasteiger partial charge in [0, 0.05) is 13.1 Å². The molecule has 1 rings (SSSR count). The normalized spacial score (nSPS) is 13.0. The standard InChI is InChI=1S/C13H22NO2P/c1-4-12-9-7-8-10-13(12)11-16-17(15)14(5-2)6-3/h7-10,15H,4-6,11H2,1-3H3. The molecule has 1 atom stereocenters. The van der Waals surface area contributed by atoms with Crippen LogP contribution in [0.4, 0.5) is 0 Å². The van der Waals surface area contributed by atoms with E-state index in [1.165, 1.54) is 11.1 Å². The smallest absolute Gasteiger partial charge is 0.256 e. The van der Waals surface area contributed by atoms with Gasteiger partial charge in [-0.2, -0.15) is 0 Å². The van der Waals surface area contributed by atoms with E-state index < -0.39 is 8.53 Å². The third-order valence-electron chi connectivity index (χ3n) is 2.81. The van der Waals surface area contributed by atoms with E-state index in [9.17, 15) is 4.89 Å². The Morgan fingerprint density at radius 2 is 1.71 bits per heavy atom. The molecule has 1 aromatic carbocycles. The molecule has 0 saturated heterocycles. The molecular weight excluding hydrogens is 233 g/mol. The van der Waals surface area contributed by atoms with Gasteiger partial charge in [-0.15, -0.1) is 0 Å². The number of nitrogens with zero attached hydrogens (tertiary/aromatic N) is 1. The van der Waals surface area contributed by atoms with Gasteiger partial charge in [0.2, 0.25) is 0 Å². The molecule has 17 heavy (non-hydrogen) atoms. The quantitative estimate of drug-likeness (QED) is 0.759. The van der Waals surface area contributed by atoms with Crippen molar-refractivity contribution in [1.82, 2.24) is 4.67 Å². The number of rotatable bonds is 7. The highest BCUT2D eigenvalue weighted by atomic mass is 31.2. The van der Waals surface area contributed by atoms with Gasteiger partial charge in [-0.05, 0) is 17.5 Å². The fraction of sp³-hybridized carbons (Fsp3) is 0.538. The van der Waals surface area contributed by atoms with Gasteiger partial charge in [0.15, 0.2) is 0 Å². The zero-order chi connectivity index (χ0) is 12.7. The van der Waals surface area contributed by atoms with Crippen LogP contribution in [0.3, 0.4) is 0 Å². The minimum atomic E-state index is -1.45. The van der Waals surface area contributed by atoms with E-state index in [0.717, 1.165) is 19.5 Å². The molecule has 1 aromatic rings. The molecule has 0 aliphatic carbocycles. The second kappa shape index (κ2) is 7.78. The molecule has 0 heterocycles. The third-order valence-corrected chi connectivity index (χ3v) is 4.22. The molecule has 1 N–H and O–H groups in total. The molecule has 0 saturated carbocycles. The maximum absolute atomic E-state index is 9.90. The fourth-order valence-corrected chi connectivity index (χ4v) is 2.62. The summed E-state index contributed by atoms with van der Waals surface area (Å²) in [7, 11) is -1.45. The molecule has 0 aromatic heterocycles. The Balaban J connectivity index is 2.54. The Morgan fingerprint density at radius 3 is 2.24 bits per heavy atom. The second-order valence-corrected chi connectivity index (χ2v) is 5.12. The first-order chi connectivity index (χ1) is 8.22. The van der Waals surface area contributed by atoms with Crippen LogP contribution in [0.25, 0.3) is 0 Å². The van der Waals surface area contributed by atoms with E-state index in [2.05, 4.69) is 19.1 Å². The van der Waals surface area contributed by atoms with Crippen molar-refractivity contribution in [2.24, 2.45) is 0 Å². The summed E-state index contributed by atoms with van der Waals surface area (Å²) in [5.41, 5.74) is 2.46. The highest BCUT2D eigenvalue weighted by Crippen LogP contribution is 2.37. The van der Waals surface area contributed by atoms with Crippen LogP contribution >= 0.6 is 8.53 Å². The van der Waals surface area contributed by atoms with Gasteiger partial charge in [0.05, 0.1) is 6.61 Å². The summed E-state index contributed by atoms with van der Waals surface area (Å²) < 4.78 is 7.50. The van der Waals surface area contributed by atoms with Crippen LogP contribution in [0.2, 0.25) is 0 Å². The van der Waals surface area contributed by atoms with E-state index in [4.69, 9.17) is 4.52 Å². The first-order valence-corrected chi connectivity index (χ1v) is 7.32. The van der Waals surface area contributed by atoms with E-state index in [1.54, 1.807) is 0 Å². The average Bonchev–Trinajstić information content (AvgIpc) is 2.38. The Hall–Kier alpha value is -0.470. The molecule has 0 amide bonds. The lowest BCUT2D eigenvalue weighted by Gasteiger charge is -2.23. The third kappa shape index (κ3) is 4.36. The predicted octanol–water partition coefficient (Wildman–Crippen LogP) is 3.33. The van der Waals surface area contributed by atoms with Crippen molar-refractivity contribution in [3.63, 3.8) is 0 Å². The van der Waals surface area contributed by atoms with Crippen molar-refractivity contribution >= 4 is 8.53 Å². The summed E-state index contributed by atoms with van der Waals surface area (Å²) in [6.45, 7) is 8.30. The molecule has 0 spiro atoms. The summed E-state index contributed by atoms with van der Waals surface area (Å²) in [5, 5.41) is 0. The Labute approximate surface area is 105 Å². The van der Waals surface area contributed by atoms with Crippen molar-refractivity contribution in [2.75, 3.05) is 13.1 Å². The first kappa shape index (κ1) is 14.6. The van der Waals surface area contributed by atoms with Crippen molar-refractivity contribution in [3.8, 4) is 0 Å². The van der Waals surface area contributed by atoms with Crippen molar-refractivity contribution in [2.45, 2.75) is 33.8 Å². The Bertz CT molecular complexity index is 329. The number of benzene rings is 1. The van der Waals surface area contributed by atoms with Crippen LogP contribution in [-0.4, -0.2) is 22.7 Å². The molecule has 1 unspecified atom stereocenters. The summed E-state index contributed by atoms with van der Waals surface area (Å²) in [5.74, 6) is 0. The SMILES string of the molecule is CCc1ccccc1COP(O)N(CC)CC. The highest BCUT2D eigenvalue weighted by Gasteiger charge is 2.14. The number of hydrogen-bond acceptors (Lipinski definition) is 3. The lowest BCUT2D eigenvalue weighted by Crippen LogP contribution is -2.17. The molecule has 0 aliphatic heterocycles. The van der Waals surface area contributed by atoms with Gasteiger partial charge >= 0.3 is 0 Å². The number of aryl methyl sites for hydroxylation is 1. The second-order valence-electron chi connectivity index (χ2n) is 3.79. The molecule has 4 heteroatoms. The first-order valence-electron chi connectivity index (χ1n) is 6.16. The topological polar surface area (TPSA) is 32.7 Å². The maximum Gasteiger partial charge on any atom is 0.256 e. The van der Waals surface area contributed by atoms with Crippen molar-refractivity contribution in [3.05, 3.63) is 35.4 Å². The van der Waals surface area contributed by atoms with E-state index in [-0.39, 0.29) is 0 Å². The van der Waals surface area contributed by atoms with Gasteiger partial charge in [0.1, 0.15) is 0 Å². The zero-order valence-corrected chi connectivity index (χ0v) is 11.8. The monoisotopic (exact) mass is 255 g/mol. The van der Waals surface area contributed by atoms with Gasteiger partial charge in [-0.25, -0.2) is 4.67 Å². The summed E-state index contributed by atoms with van der Waals surface area (Å²) in [4.78, 5) is 9.90. The molecule has 0 aliphatic rings. The summed E-state index contributed by atoms with van der Waals surface area (Å²) in [6, 6.07) is 8.21. The summed E-state index contributed by atoms with van der Waals surface area (Å²) in [6.07, 6.45) is 0.994. The van der Waals surface area contributed by atoms with Gasteiger partial charge in [-0.3, -0.25) is 0 Å². The van der Waals surface area contributed by atoms with Crippen molar-refractivity contribution in [1.29, 1.82) is 0 Å². The van der Waals surface area contributed by atoms with Gasteiger partial charge < -0.3 is 9.42 Å². The van der Waals surface area contributed by atoms with Crippen LogP contribution in [0.15, 0.2) is 24.3 Å². The molecule has 0 bridgehead atoms. The minimum absolute atomic E-state index is 0.489. The average molecular weight is 255 g/mol. The molecule has 0 fully saturated rings. The lowest BCUT2D eigenvalue weighted by molar-refractivity contribution is 0.251. The largest absolute Gasteiger partial charge is 0.338 e. The van der Waals surface area contributed by atoms with Crippen LogP contribution in [-0.2, 0) is 17.6 Å². The highest BCUT2D eigenvalue weighted by molar-refractivity contribution is 7.43. The number of hydrogen-bond donors (Lipinski definition) is 1. The van der Waals surface area contributed by atoms with Gasteiger partial charge in [-0.1, -0.05) is 45.0 Å². The maximum atomic E-state index is 9.90. The Kier molecular flexibility index (Phi) is 6.68. The fourth-order valence-electron chi connectivity index (χ4n) is 1.72. The van der Waals surface area contributed by atoms with Crippen LogP contribution in [0.5, 0.6) is 0 Å². The lowest BCUT2D eigenvalue weighted by atomic mass is 10.1.